The maximum absolute atomic E-state index is 5.98. The summed E-state index contributed by atoms with van der Waals surface area (Å²) in [5.41, 5.74) is 9.60. The lowest BCUT2D eigenvalue weighted by molar-refractivity contribution is 0.0976. The fourth-order valence-corrected chi connectivity index (χ4v) is 8.63. The van der Waals surface area contributed by atoms with Crippen LogP contribution in [0, 0.1) is 0 Å². The summed E-state index contributed by atoms with van der Waals surface area (Å²) in [6, 6.07) is 32.2. The van der Waals surface area contributed by atoms with Crippen molar-refractivity contribution in [3.05, 3.63) is 166 Å². The van der Waals surface area contributed by atoms with Crippen molar-refractivity contribution in [1.29, 1.82) is 0 Å². The van der Waals surface area contributed by atoms with Crippen LogP contribution in [0.15, 0.2) is 122 Å². The van der Waals surface area contributed by atoms with Gasteiger partial charge in [0.2, 0.25) is 11.9 Å². The molecule has 8 aromatic rings. The summed E-state index contributed by atoms with van der Waals surface area (Å²) in [4.78, 5) is 31.6. The number of hydrogen-bond donors (Lipinski definition) is 2. The Balaban J connectivity index is 0.000000170. The third kappa shape index (κ3) is 9.89. The minimum absolute atomic E-state index is 0.0371. The fraction of sp³-hybridized carbons (Fsp3) is 0.240. The highest BCUT2D eigenvalue weighted by Crippen LogP contribution is 2.39. The highest BCUT2D eigenvalue weighted by molar-refractivity contribution is 6.29. The molecule has 0 radical (unpaired) electrons. The van der Waals surface area contributed by atoms with E-state index >= 15 is 0 Å². The zero-order valence-corrected chi connectivity index (χ0v) is 39.9. The number of nitrogens with one attached hydrogen (secondary N) is 2. The minimum atomic E-state index is 0.0371. The Hall–Kier alpha value is -7.24. The number of nitrogens with zero attached hydrogens (tertiary/aromatic N) is 10. The molecule has 10 rings (SSSR count). The molecule has 2 N–H and O–H groups in total. The first-order valence-corrected chi connectivity index (χ1v) is 22.5. The van der Waals surface area contributed by atoms with Crippen molar-refractivity contribution in [2.45, 2.75) is 25.0 Å². The van der Waals surface area contributed by atoms with E-state index in [0.29, 0.717) is 60.1 Å². The highest BCUT2D eigenvalue weighted by Gasteiger charge is 2.30. The van der Waals surface area contributed by atoms with E-state index in [-0.39, 0.29) is 11.8 Å². The van der Waals surface area contributed by atoms with Crippen molar-refractivity contribution in [2.75, 3.05) is 76.1 Å². The van der Waals surface area contributed by atoms with E-state index in [1.807, 2.05) is 120 Å². The van der Waals surface area contributed by atoms with E-state index in [2.05, 4.69) is 44.9 Å². The molecule has 0 saturated heterocycles. The van der Waals surface area contributed by atoms with E-state index in [1.54, 1.807) is 39.3 Å². The number of halogens is 2. The molecule has 68 heavy (non-hydrogen) atoms. The number of imidazole rings is 2. The van der Waals surface area contributed by atoms with Gasteiger partial charge in [-0.15, -0.1) is 0 Å². The number of ether oxygens (including phenoxy) is 4. The molecule has 0 spiro atoms. The zero-order chi connectivity index (χ0) is 47.3. The van der Waals surface area contributed by atoms with Crippen LogP contribution in [0.4, 0.5) is 34.9 Å². The van der Waals surface area contributed by atoms with Crippen LogP contribution in [-0.4, -0.2) is 94.7 Å². The predicted molar refractivity (Wildman–Crippen MR) is 265 cm³/mol. The topological polar surface area (TPSA) is 155 Å². The van der Waals surface area contributed by atoms with Crippen LogP contribution >= 0.6 is 23.2 Å². The van der Waals surface area contributed by atoms with Crippen LogP contribution < -0.4 is 29.9 Å². The molecule has 6 heterocycles. The molecule has 0 saturated carbocycles. The lowest BCUT2D eigenvalue weighted by Crippen LogP contribution is -2.25. The van der Waals surface area contributed by atoms with Crippen LogP contribution in [-0.2, 0) is 22.7 Å². The Bertz CT molecular complexity index is 2820. The third-order valence-corrected chi connectivity index (χ3v) is 11.9. The Kier molecular flexibility index (Phi) is 13.7. The molecule has 18 heteroatoms. The lowest BCUT2D eigenvalue weighted by Gasteiger charge is -2.29. The molecule has 2 aliphatic heterocycles. The summed E-state index contributed by atoms with van der Waals surface area (Å²) in [7, 11) is 11.2. The largest absolute Gasteiger partial charge is 0.494 e. The summed E-state index contributed by atoms with van der Waals surface area (Å²) in [6.07, 6.45) is 6.76. The molecule has 2 aliphatic rings. The minimum Gasteiger partial charge on any atom is -0.494 e. The van der Waals surface area contributed by atoms with Gasteiger partial charge < -0.3 is 48.5 Å². The molecule has 4 aromatic heterocycles. The molecule has 0 bridgehead atoms. The number of rotatable bonds is 12. The van der Waals surface area contributed by atoms with Gasteiger partial charge >= 0.3 is 0 Å². The first-order valence-electron chi connectivity index (χ1n) is 21.8. The number of benzene rings is 4. The molecule has 0 fully saturated rings. The number of fused-ring (bicyclic) bond motifs is 2. The Morgan fingerprint density at radius 1 is 0.574 bits per heavy atom. The monoisotopic (exact) mass is 952 g/mol. The van der Waals surface area contributed by atoms with Crippen molar-refractivity contribution in [3.8, 4) is 22.9 Å². The molecule has 16 nitrogen and oxygen atoms in total. The van der Waals surface area contributed by atoms with E-state index in [1.165, 1.54) is 11.1 Å². The van der Waals surface area contributed by atoms with Crippen molar-refractivity contribution >= 4 is 58.1 Å². The summed E-state index contributed by atoms with van der Waals surface area (Å²) < 4.78 is 26.7. The highest BCUT2D eigenvalue weighted by atomic mass is 35.5. The summed E-state index contributed by atoms with van der Waals surface area (Å²) >= 11 is 12.0. The lowest BCUT2D eigenvalue weighted by atomic mass is 9.91. The maximum Gasteiger partial charge on any atom is 0.229 e. The number of anilines is 6. The average Bonchev–Trinajstić information content (AvgIpc) is 4.01. The molecule has 2 atom stereocenters. The van der Waals surface area contributed by atoms with E-state index in [0.717, 1.165) is 56.9 Å². The average molecular weight is 954 g/mol. The normalized spacial score (nSPS) is 15.0. The van der Waals surface area contributed by atoms with E-state index in [9.17, 15) is 0 Å². The van der Waals surface area contributed by atoms with Gasteiger partial charge in [0.15, 0.2) is 0 Å². The van der Waals surface area contributed by atoms with Gasteiger partial charge in [0.1, 0.15) is 46.1 Å². The predicted octanol–water partition coefficient (Wildman–Crippen LogP) is 9.59. The van der Waals surface area contributed by atoms with Gasteiger partial charge in [-0.05, 0) is 35.4 Å². The van der Waals surface area contributed by atoms with Gasteiger partial charge in [-0.2, -0.15) is 9.97 Å². The van der Waals surface area contributed by atoms with Gasteiger partial charge in [0.05, 0.1) is 75.2 Å². The van der Waals surface area contributed by atoms with Crippen molar-refractivity contribution < 1.29 is 18.9 Å². The van der Waals surface area contributed by atoms with Gasteiger partial charge in [0.25, 0.3) is 0 Å². The van der Waals surface area contributed by atoms with Crippen LogP contribution in [0.3, 0.4) is 0 Å². The second kappa shape index (κ2) is 20.3. The van der Waals surface area contributed by atoms with Crippen LogP contribution in [0.1, 0.15) is 45.5 Å². The van der Waals surface area contributed by atoms with Crippen molar-refractivity contribution in [2.24, 2.45) is 0 Å². The van der Waals surface area contributed by atoms with Gasteiger partial charge in [-0.3, -0.25) is 0 Å². The number of aromatic nitrogens is 8. The maximum atomic E-state index is 5.98. The molecule has 0 aliphatic carbocycles. The molecule has 348 valence electrons. The Labute approximate surface area is 404 Å². The second-order valence-electron chi connectivity index (χ2n) is 16.4. The Morgan fingerprint density at radius 2 is 0.985 bits per heavy atom. The van der Waals surface area contributed by atoms with E-state index < -0.39 is 0 Å². The molecule has 4 aromatic carbocycles. The van der Waals surface area contributed by atoms with Gasteiger partial charge in [-0.25, -0.2) is 19.9 Å². The van der Waals surface area contributed by atoms with Crippen LogP contribution in [0.5, 0.6) is 11.5 Å². The number of hydrogen-bond acceptors (Lipinski definition) is 14. The molecular weight excluding hydrogens is 904 g/mol. The first kappa shape index (κ1) is 45.9. The van der Waals surface area contributed by atoms with Crippen LogP contribution in [0.25, 0.3) is 11.4 Å². The fourth-order valence-electron chi connectivity index (χ4n) is 8.33. The van der Waals surface area contributed by atoms with E-state index in [4.69, 9.17) is 62.1 Å². The summed E-state index contributed by atoms with van der Waals surface area (Å²) in [5, 5.41) is 7.55. The number of methoxy groups -OCH3 is 2. The van der Waals surface area contributed by atoms with Gasteiger partial charge in [-0.1, -0.05) is 83.9 Å². The quantitative estimate of drug-likeness (QED) is 0.119. The van der Waals surface area contributed by atoms with Crippen molar-refractivity contribution in [1.82, 2.24) is 39.0 Å². The smallest absolute Gasteiger partial charge is 0.229 e. The Morgan fingerprint density at radius 3 is 1.34 bits per heavy atom. The third-order valence-electron chi connectivity index (χ3n) is 11.5. The standard InChI is InChI=1S/2C25H25ClN6O2/c2*1-31(2)24-19-14-34-13-18(16-7-5-4-6-8-16)23(19)29-25(30-24)28-17-9-10-20(21(11-17)33-3)32-12-22(26)27-15-32/h2*4-12,15,18H,13-14H2,1-3H3,(H,28,29,30)/t2*18-/m10/s1. The first-order chi connectivity index (χ1) is 33.1. The molecule has 0 unspecified atom stereocenters. The van der Waals surface area contributed by atoms with Gasteiger partial charge in [0, 0.05) is 75.2 Å². The van der Waals surface area contributed by atoms with Crippen molar-refractivity contribution in [3.63, 3.8) is 0 Å². The van der Waals surface area contributed by atoms with Crippen LogP contribution in [0.2, 0.25) is 10.3 Å². The zero-order valence-electron chi connectivity index (χ0n) is 38.4. The SMILES string of the molecule is COc1cc(Nc2nc3c(c(N(C)C)n2)COC[C@@H]3c2ccccc2)ccc1-n1cnc(Cl)c1.COc1cc(Nc2nc3c(c(N(C)C)n2)COC[C@H]3c2ccccc2)ccc1-n1cnc(Cl)c1. The summed E-state index contributed by atoms with van der Waals surface area (Å²) in [6.45, 7) is 2.14. The molecule has 0 amide bonds. The second-order valence-corrected chi connectivity index (χ2v) is 17.2. The summed E-state index contributed by atoms with van der Waals surface area (Å²) in [5.74, 6) is 4.12. The molecular formula is C50H50Cl2N12O4.